The molecule has 4 N–H and O–H groups in total. The number of hydrogen-bond donors (Lipinski definition) is 4. The van der Waals surface area contributed by atoms with Gasteiger partial charge in [0, 0.05) is 18.3 Å². The van der Waals surface area contributed by atoms with Crippen LogP contribution in [0.25, 0.3) is 0 Å². The summed E-state index contributed by atoms with van der Waals surface area (Å²) >= 11 is 6.05. The minimum atomic E-state index is -1.22. The molecule has 3 rings (SSSR count). The van der Waals surface area contributed by atoms with E-state index in [0.29, 0.717) is 5.69 Å². The van der Waals surface area contributed by atoms with Gasteiger partial charge in [-0.15, -0.1) is 0 Å². The fraction of sp³-hybridized carbons (Fsp3) is 0.263. The third kappa shape index (κ3) is 5.17. The van der Waals surface area contributed by atoms with Crippen LogP contribution in [0.1, 0.15) is 34.9 Å². The van der Waals surface area contributed by atoms with Crippen LogP contribution in [-0.4, -0.2) is 29.6 Å². The highest BCUT2D eigenvalue weighted by Crippen LogP contribution is 2.24. The zero-order valence-corrected chi connectivity index (χ0v) is 15.4. The average molecular weight is 410 g/mol. The van der Waals surface area contributed by atoms with Gasteiger partial charge >= 0.3 is 6.03 Å². The molecule has 148 valence electrons. The zero-order valence-electron chi connectivity index (χ0n) is 14.6. The van der Waals surface area contributed by atoms with Crippen LogP contribution in [-0.2, 0) is 0 Å². The maximum atomic E-state index is 13.2. The number of benzene rings is 2. The summed E-state index contributed by atoms with van der Waals surface area (Å²) in [7, 11) is 0. The molecule has 0 aromatic heterocycles. The Bertz CT molecular complexity index is 906. The first-order valence-electron chi connectivity index (χ1n) is 8.62. The lowest BCUT2D eigenvalue weighted by molar-refractivity contribution is 0.0951. The van der Waals surface area contributed by atoms with Gasteiger partial charge in [-0.2, -0.15) is 0 Å². The van der Waals surface area contributed by atoms with Crippen LogP contribution < -0.4 is 16.0 Å². The monoisotopic (exact) mass is 409 g/mol. The molecule has 1 unspecified atom stereocenters. The van der Waals surface area contributed by atoms with Crippen LogP contribution in [0.4, 0.5) is 19.3 Å². The Labute approximate surface area is 164 Å². The van der Waals surface area contributed by atoms with Gasteiger partial charge in [0.05, 0.1) is 16.7 Å². The van der Waals surface area contributed by atoms with Gasteiger partial charge in [0.25, 0.3) is 5.91 Å². The van der Waals surface area contributed by atoms with E-state index in [1.807, 2.05) is 0 Å². The lowest BCUT2D eigenvalue weighted by Crippen LogP contribution is -2.32. The number of aliphatic hydroxyl groups is 1. The number of anilines is 1. The maximum absolute atomic E-state index is 13.2. The van der Waals surface area contributed by atoms with Crippen LogP contribution in [0.15, 0.2) is 36.4 Å². The van der Waals surface area contributed by atoms with Crippen molar-refractivity contribution in [3.05, 3.63) is 64.2 Å². The standard InChI is InChI=1S/C19H18ClF2N3O3/c20-14-5-4-12(8-13(14)18(27)24-11-2-3-11)25-19(28)23-9-17(26)10-1-6-15(21)16(22)7-10/h1,4-8,11,17,26H,2-3,9H2,(H,24,27)(H2,23,25,28). The Kier molecular flexibility index (Phi) is 6.11. The largest absolute Gasteiger partial charge is 0.387 e. The van der Waals surface area contributed by atoms with Gasteiger partial charge in [-0.1, -0.05) is 17.7 Å². The molecule has 0 spiro atoms. The van der Waals surface area contributed by atoms with Gasteiger partial charge in [0.1, 0.15) is 0 Å². The van der Waals surface area contributed by atoms with Crippen LogP contribution in [0.5, 0.6) is 0 Å². The van der Waals surface area contributed by atoms with Crippen LogP contribution in [0.2, 0.25) is 5.02 Å². The third-order valence-corrected chi connectivity index (χ3v) is 4.50. The molecule has 0 heterocycles. The van der Waals surface area contributed by atoms with E-state index in [9.17, 15) is 23.5 Å². The molecular weight excluding hydrogens is 392 g/mol. The van der Waals surface area contributed by atoms with Gasteiger partial charge < -0.3 is 21.1 Å². The molecular formula is C19H18ClF2N3O3. The molecule has 28 heavy (non-hydrogen) atoms. The van der Waals surface area contributed by atoms with Crippen molar-refractivity contribution < 1.29 is 23.5 Å². The van der Waals surface area contributed by atoms with Crippen molar-refractivity contribution in [2.45, 2.75) is 25.0 Å². The van der Waals surface area contributed by atoms with Gasteiger partial charge in [-0.3, -0.25) is 4.79 Å². The Balaban J connectivity index is 1.56. The van der Waals surface area contributed by atoms with Crippen molar-refractivity contribution in [1.82, 2.24) is 10.6 Å². The number of nitrogens with one attached hydrogen (secondary N) is 3. The van der Waals surface area contributed by atoms with Gasteiger partial charge in [0.2, 0.25) is 0 Å². The second-order valence-electron chi connectivity index (χ2n) is 6.47. The first-order chi connectivity index (χ1) is 13.3. The smallest absolute Gasteiger partial charge is 0.319 e. The number of halogens is 3. The maximum Gasteiger partial charge on any atom is 0.319 e. The van der Waals surface area contributed by atoms with E-state index in [2.05, 4.69) is 16.0 Å². The van der Waals surface area contributed by atoms with E-state index in [-0.39, 0.29) is 34.6 Å². The molecule has 0 radical (unpaired) electrons. The fourth-order valence-electron chi connectivity index (χ4n) is 2.47. The topological polar surface area (TPSA) is 90.5 Å². The molecule has 6 nitrogen and oxygen atoms in total. The number of hydrogen-bond acceptors (Lipinski definition) is 3. The van der Waals surface area contributed by atoms with Crippen molar-refractivity contribution in [2.75, 3.05) is 11.9 Å². The summed E-state index contributed by atoms with van der Waals surface area (Å²) in [5, 5.41) is 18.0. The molecule has 3 amide bonds. The third-order valence-electron chi connectivity index (χ3n) is 4.17. The predicted molar refractivity (Wildman–Crippen MR) is 100 cm³/mol. The number of carbonyl (C=O) groups is 2. The number of aliphatic hydroxyl groups excluding tert-OH is 1. The molecule has 0 aliphatic heterocycles. The predicted octanol–water partition coefficient (Wildman–Crippen LogP) is 3.37. The summed E-state index contributed by atoms with van der Waals surface area (Å²) in [6, 6.07) is 6.99. The number of amides is 3. The summed E-state index contributed by atoms with van der Waals surface area (Å²) in [4.78, 5) is 24.2. The fourth-order valence-corrected chi connectivity index (χ4v) is 2.67. The molecule has 1 fully saturated rings. The lowest BCUT2D eigenvalue weighted by Gasteiger charge is -2.14. The molecule has 0 bridgehead atoms. The molecule has 1 aliphatic rings. The molecule has 9 heteroatoms. The number of carbonyl (C=O) groups excluding carboxylic acids is 2. The van der Waals surface area contributed by atoms with Crippen molar-refractivity contribution in [2.24, 2.45) is 0 Å². The van der Waals surface area contributed by atoms with Crippen molar-refractivity contribution in [3.8, 4) is 0 Å². The molecule has 2 aromatic rings. The van der Waals surface area contributed by atoms with Gasteiger partial charge in [-0.25, -0.2) is 13.6 Å². The highest BCUT2D eigenvalue weighted by atomic mass is 35.5. The summed E-state index contributed by atoms with van der Waals surface area (Å²) < 4.78 is 26.2. The summed E-state index contributed by atoms with van der Waals surface area (Å²) in [6.45, 7) is -0.223. The Morgan fingerprint density at radius 1 is 1.14 bits per heavy atom. The van der Waals surface area contributed by atoms with Crippen molar-refractivity contribution >= 4 is 29.2 Å². The second kappa shape index (κ2) is 8.53. The summed E-state index contributed by atoms with van der Waals surface area (Å²) in [5.74, 6) is -2.42. The van der Waals surface area contributed by atoms with Gasteiger partial charge in [-0.05, 0) is 48.7 Å². The average Bonchev–Trinajstić information content (AvgIpc) is 3.47. The normalized spacial score (nSPS) is 14.3. The van der Waals surface area contributed by atoms with Crippen LogP contribution in [0, 0.1) is 11.6 Å². The van der Waals surface area contributed by atoms with Crippen molar-refractivity contribution in [3.63, 3.8) is 0 Å². The quantitative estimate of drug-likeness (QED) is 0.589. The summed E-state index contributed by atoms with van der Waals surface area (Å²) in [5.41, 5.74) is 0.711. The highest BCUT2D eigenvalue weighted by Gasteiger charge is 2.25. The van der Waals surface area contributed by atoms with Crippen molar-refractivity contribution in [1.29, 1.82) is 0 Å². The Morgan fingerprint density at radius 2 is 1.89 bits per heavy atom. The lowest BCUT2D eigenvalue weighted by atomic mass is 10.1. The molecule has 2 aromatic carbocycles. The van der Waals surface area contributed by atoms with E-state index in [1.165, 1.54) is 24.3 Å². The highest BCUT2D eigenvalue weighted by molar-refractivity contribution is 6.34. The Morgan fingerprint density at radius 3 is 2.57 bits per heavy atom. The van der Waals surface area contributed by atoms with Crippen LogP contribution in [0.3, 0.4) is 0 Å². The minimum Gasteiger partial charge on any atom is -0.387 e. The van der Waals surface area contributed by atoms with Gasteiger partial charge in [0.15, 0.2) is 11.6 Å². The second-order valence-corrected chi connectivity index (χ2v) is 6.87. The molecule has 1 saturated carbocycles. The van der Waals surface area contributed by atoms with Crippen LogP contribution >= 0.6 is 11.6 Å². The number of rotatable bonds is 6. The number of urea groups is 1. The Hall–Kier alpha value is -2.71. The molecule has 1 aliphatic carbocycles. The zero-order chi connectivity index (χ0) is 20.3. The first-order valence-corrected chi connectivity index (χ1v) is 8.99. The summed E-state index contributed by atoms with van der Waals surface area (Å²) in [6.07, 6.45) is 0.652. The SMILES string of the molecule is O=C(NCC(O)c1ccc(F)c(F)c1)Nc1ccc(Cl)c(C(=O)NC2CC2)c1. The van der Waals surface area contributed by atoms with E-state index < -0.39 is 23.8 Å². The van der Waals surface area contributed by atoms with E-state index in [0.717, 1.165) is 25.0 Å². The minimum absolute atomic E-state index is 0.129. The first kappa shape index (κ1) is 20.0. The molecule has 0 saturated heterocycles. The van der Waals surface area contributed by atoms with E-state index in [4.69, 9.17) is 11.6 Å². The molecule has 1 atom stereocenters. The van der Waals surface area contributed by atoms with E-state index in [1.54, 1.807) is 0 Å². The van der Waals surface area contributed by atoms with E-state index >= 15 is 0 Å².